The summed E-state index contributed by atoms with van der Waals surface area (Å²) in [6.45, 7) is 7.46. The average molecular weight is 400 g/mol. The first-order valence-corrected chi connectivity index (χ1v) is 10.0. The van der Waals surface area contributed by atoms with Gasteiger partial charge in [-0.3, -0.25) is 0 Å². The number of ether oxygens (including phenoxy) is 6. The van der Waals surface area contributed by atoms with E-state index in [0.717, 1.165) is 35.2 Å². The van der Waals surface area contributed by atoms with E-state index in [1.807, 2.05) is 38.1 Å². The van der Waals surface area contributed by atoms with Gasteiger partial charge in [-0.1, -0.05) is 0 Å². The molecule has 7 heteroatoms. The summed E-state index contributed by atoms with van der Waals surface area (Å²) in [6.07, 6.45) is 0.333. The van der Waals surface area contributed by atoms with E-state index in [0.29, 0.717) is 49.4 Å². The Bertz CT molecular complexity index is 937. The van der Waals surface area contributed by atoms with Crippen LogP contribution in [0.15, 0.2) is 28.7 Å². The molecule has 2 fully saturated rings. The van der Waals surface area contributed by atoms with Gasteiger partial charge in [0.05, 0.1) is 26.4 Å². The number of fused-ring (bicyclic) bond motifs is 3. The first-order chi connectivity index (χ1) is 14.2. The minimum absolute atomic E-state index is 0.166. The van der Waals surface area contributed by atoms with Gasteiger partial charge in [0.1, 0.15) is 36.6 Å². The largest absolute Gasteiger partial charge is 0.490 e. The summed E-state index contributed by atoms with van der Waals surface area (Å²) < 4.78 is 40.0. The summed E-state index contributed by atoms with van der Waals surface area (Å²) in [6, 6.07) is 7.67. The van der Waals surface area contributed by atoms with Crippen LogP contribution in [-0.2, 0) is 9.47 Å². The van der Waals surface area contributed by atoms with Crippen LogP contribution >= 0.6 is 0 Å². The van der Waals surface area contributed by atoms with Crippen molar-refractivity contribution in [2.75, 3.05) is 39.6 Å². The second-order valence-corrected chi connectivity index (χ2v) is 7.09. The number of hydrogen-bond donors (Lipinski definition) is 0. The molecule has 1 aromatic heterocycles. The first-order valence-electron chi connectivity index (χ1n) is 10.0. The summed E-state index contributed by atoms with van der Waals surface area (Å²) in [7, 11) is 0. The maximum atomic E-state index is 6.09. The normalized spacial score (nSPS) is 20.1. The van der Waals surface area contributed by atoms with Gasteiger partial charge < -0.3 is 32.8 Å². The first kappa shape index (κ1) is 18.4. The summed E-state index contributed by atoms with van der Waals surface area (Å²) in [5.74, 6) is 2.68. The molecule has 5 rings (SSSR count). The predicted octanol–water partition coefficient (Wildman–Crippen LogP) is 3.94. The molecule has 0 spiro atoms. The summed E-state index contributed by atoms with van der Waals surface area (Å²) >= 11 is 0. The zero-order valence-electron chi connectivity index (χ0n) is 16.6. The maximum Gasteiger partial charge on any atom is 0.164 e. The van der Waals surface area contributed by atoms with Crippen LogP contribution in [-0.4, -0.2) is 51.8 Å². The van der Waals surface area contributed by atoms with E-state index in [4.69, 9.17) is 32.8 Å². The standard InChI is InChI=1S/C22H24O7/c1-3-23-21-7-17-15(5-19(21)27-11-13-9-25-13)16-6-20(28-12-14-10-26-14)22(24-4-2)8-18(16)29-17/h5-8,13-14H,3-4,9-12H2,1-2H3. The highest BCUT2D eigenvalue weighted by molar-refractivity contribution is 6.07. The molecule has 7 nitrogen and oxygen atoms in total. The fraction of sp³-hybridized carbons (Fsp3) is 0.455. The van der Waals surface area contributed by atoms with Crippen molar-refractivity contribution in [2.45, 2.75) is 26.1 Å². The molecule has 0 bridgehead atoms. The van der Waals surface area contributed by atoms with Crippen molar-refractivity contribution in [3.63, 3.8) is 0 Å². The minimum atomic E-state index is 0.166. The van der Waals surface area contributed by atoms with E-state index >= 15 is 0 Å². The number of epoxide rings is 2. The lowest BCUT2D eigenvalue weighted by Crippen LogP contribution is -2.06. The molecule has 2 saturated heterocycles. The minimum Gasteiger partial charge on any atom is -0.490 e. The second kappa shape index (κ2) is 7.65. The lowest BCUT2D eigenvalue weighted by Gasteiger charge is -2.12. The van der Waals surface area contributed by atoms with Gasteiger partial charge in [0, 0.05) is 22.9 Å². The molecule has 0 saturated carbocycles. The van der Waals surface area contributed by atoms with Crippen LogP contribution in [0.5, 0.6) is 23.0 Å². The molecule has 0 N–H and O–H groups in total. The van der Waals surface area contributed by atoms with Crippen molar-refractivity contribution in [3.8, 4) is 23.0 Å². The topological polar surface area (TPSA) is 75.1 Å². The monoisotopic (exact) mass is 400 g/mol. The summed E-state index contributed by atoms with van der Waals surface area (Å²) in [4.78, 5) is 0. The number of hydrogen-bond acceptors (Lipinski definition) is 7. The van der Waals surface area contributed by atoms with Crippen LogP contribution < -0.4 is 18.9 Å². The van der Waals surface area contributed by atoms with Crippen LogP contribution in [0.25, 0.3) is 21.9 Å². The quantitative estimate of drug-likeness (QED) is 0.477. The van der Waals surface area contributed by atoms with E-state index in [9.17, 15) is 0 Å². The Morgan fingerprint density at radius 2 is 1.10 bits per heavy atom. The zero-order chi connectivity index (χ0) is 19.8. The Morgan fingerprint density at radius 3 is 1.48 bits per heavy atom. The smallest absolute Gasteiger partial charge is 0.164 e. The van der Waals surface area contributed by atoms with Crippen molar-refractivity contribution >= 4 is 21.9 Å². The molecule has 154 valence electrons. The fourth-order valence-electron chi connectivity index (χ4n) is 3.25. The van der Waals surface area contributed by atoms with E-state index in [2.05, 4.69) is 0 Å². The van der Waals surface area contributed by atoms with Crippen molar-refractivity contribution in [3.05, 3.63) is 24.3 Å². The van der Waals surface area contributed by atoms with Gasteiger partial charge >= 0.3 is 0 Å². The molecular weight excluding hydrogens is 376 g/mol. The third-order valence-corrected chi connectivity index (χ3v) is 4.86. The molecular formula is C22H24O7. The molecule has 3 aromatic rings. The highest BCUT2D eigenvalue weighted by atomic mass is 16.6. The molecule has 3 heterocycles. The lowest BCUT2D eigenvalue weighted by molar-refractivity contribution is 0.245. The van der Waals surface area contributed by atoms with Gasteiger partial charge in [0.2, 0.25) is 0 Å². The van der Waals surface area contributed by atoms with Gasteiger partial charge in [0.25, 0.3) is 0 Å². The van der Waals surface area contributed by atoms with Crippen LogP contribution in [0, 0.1) is 0 Å². The third kappa shape index (κ3) is 3.93. The Morgan fingerprint density at radius 1 is 0.690 bits per heavy atom. The SMILES string of the molecule is CCOc1cc2oc3cc(OCC)c(OCC4CO4)cc3c2cc1OCC1CO1. The van der Waals surface area contributed by atoms with Crippen LogP contribution in [0.2, 0.25) is 0 Å². The molecule has 29 heavy (non-hydrogen) atoms. The van der Waals surface area contributed by atoms with Crippen molar-refractivity contribution in [1.29, 1.82) is 0 Å². The molecule has 0 amide bonds. The van der Waals surface area contributed by atoms with Crippen molar-refractivity contribution in [2.24, 2.45) is 0 Å². The van der Waals surface area contributed by atoms with Crippen LogP contribution in [0.4, 0.5) is 0 Å². The van der Waals surface area contributed by atoms with Gasteiger partial charge in [-0.05, 0) is 26.0 Å². The van der Waals surface area contributed by atoms with Crippen LogP contribution in [0.1, 0.15) is 13.8 Å². The molecule has 2 aromatic carbocycles. The third-order valence-electron chi connectivity index (χ3n) is 4.86. The number of rotatable bonds is 10. The highest BCUT2D eigenvalue weighted by Gasteiger charge is 2.26. The van der Waals surface area contributed by atoms with Gasteiger partial charge in [0.15, 0.2) is 23.0 Å². The molecule has 0 aliphatic carbocycles. The van der Waals surface area contributed by atoms with E-state index in [1.165, 1.54) is 0 Å². The average Bonchev–Trinajstić information content (AvgIpc) is 3.63. The van der Waals surface area contributed by atoms with E-state index < -0.39 is 0 Å². The Hall–Kier alpha value is -2.64. The van der Waals surface area contributed by atoms with Gasteiger partial charge in [-0.2, -0.15) is 0 Å². The van der Waals surface area contributed by atoms with Gasteiger partial charge in [-0.15, -0.1) is 0 Å². The fourth-order valence-corrected chi connectivity index (χ4v) is 3.25. The Labute approximate surface area is 168 Å². The molecule has 2 atom stereocenters. The Kier molecular flexibility index (Phi) is 4.85. The predicted molar refractivity (Wildman–Crippen MR) is 107 cm³/mol. The number of furan rings is 1. The molecule has 0 radical (unpaired) electrons. The maximum absolute atomic E-state index is 6.09. The van der Waals surface area contributed by atoms with Gasteiger partial charge in [-0.25, -0.2) is 0 Å². The second-order valence-electron chi connectivity index (χ2n) is 7.09. The Balaban J connectivity index is 1.56. The zero-order valence-corrected chi connectivity index (χ0v) is 16.6. The molecule has 2 aliphatic heterocycles. The van der Waals surface area contributed by atoms with E-state index in [1.54, 1.807) is 0 Å². The van der Waals surface area contributed by atoms with Crippen molar-refractivity contribution < 1.29 is 32.8 Å². The van der Waals surface area contributed by atoms with E-state index in [-0.39, 0.29) is 12.2 Å². The molecule has 2 aliphatic rings. The van der Waals surface area contributed by atoms with Crippen molar-refractivity contribution in [1.82, 2.24) is 0 Å². The lowest BCUT2D eigenvalue weighted by atomic mass is 10.1. The highest BCUT2D eigenvalue weighted by Crippen LogP contribution is 2.42. The summed E-state index contributed by atoms with van der Waals surface area (Å²) in [5, 5.41) is 1.87. The summed E-state index contributed by atoms with van der Waals surface area (Å²) in [5.41, 5.74) is 1.45. The van der Waals surface area contributed by atoms with Crippen LogP contribution in [0.3, 0.4) is 0 Å². The number of benzene rings is 2. The molecule has 2 unspecified atom stereocenters.